The molecule has 0 N–H and O–H groups in total. The third-order valence-electron chi connectivity index (χ3n) is 13.9. The Hall–Kier alpha value is -9.17. The normalized spacial score (nSPS) is 11.4. The first kappa shape index (κ1) is 41.1. The van der Waals surface area contributed by atoms with Gasteiger partial charge in [0.15, 0.2) is 0 Å². The first-order chi connectivity index (χ1) is 34.7. The smallest absolute Gasteiger partial charge is 0.0794 e. The van der Waals surface area contributed by atoms with Crippen molar-refractivity contribution in [2.24, 2.45) is 0 Å². The molecule has 12 aromatic carbocycles. The van der Waals surface area contributed by atoms with Gasteiger partial charge in [0.2, 0.25) is 0 Å². The number of aromatic nitrogens is 1. The van der Waals surface area contributed by atoms with Crippen LogP contribution in [0.15, 0.2) is 273 Å². The van der Waals surface area contributed by atoms with Gasteiger partial charge in [0.1, 0.15) is 0 Å². The van der Waals surface area contributed by atoms with Crippen LogP contribution < -0.4 is 0 Å². The minimum atomic E-state index is 1.02. The van der Waals surface area contributed by atoms with Crippen LogP contribution in [0.1, 0.15) is 0 Å². The minimum Gasteiger partial charge on any atom is -0.246 e. The minimum absolute atomic E-state index is 1.02. The predicted molar refractivity (Wildman–Crippen MR) is 298 cm³/mol. The van der Waals surface area contributed by atoms with E-state index in [1.54, 1.807) is 0 Å². The Labute approximate surface area is 408 Å². The van der Waals surface area contributed by atoms with Gasteiger partial charge in [0.25, 0.3) is 0 Å². The molecule has 0 amide bonds. The molecule has 1 heteroatoms. The average Bonchev–Trinajstić information content (AvgIpc) is 3.45. The van der Waals surface area contributed by atoms with E-state index in [4.69, 9.17) is 4.98 Å². The van der Waals surface area contributed by atoms with Gasteiger partial charge in [-0.25, -0.2) is 4.98 Å². The van der Waals surface area contributed by atoms with E-state index in [1.165, 1.54) is 60.8 Å². The summed E-state index contributed by atoms with van der Waals surface area (Å²) in [4.78, 5) is 5.51. The molecule has 0 radical (unpaired) electrons. The van der Waals surface area contributed by atoms with E-state index in [2.05, 4.69) is 273 Å². The number of nitrogens with zero attached hydrogens (tertiary/aromatic N) is 1. The fourth-order valence-electron chi connectivity index (χ4n) is 10.5. The number of fused-ring (bicyclic) bond motifs is 6. The van der Waals surface area contributed by atoms with Gasteiger partial charge < -0.3 is 0 Å². The maximum Gasteiger partial charge on any atom is 0.0794 e. The second-order valence-electron chi connectivity index (χ2n) is 18.3. The van der Waals surface area contributed by atoms with Gasteiger partial charge in [0, 0.05) is 27.1 Å². The highest BCUT2D eigenvalue weighted by Crippen LogP contribution is 2.43. The number of benzene rings is 12. The lowest BCUT2D eigenvalue weighted by Gasteiger charge is -2.17. The number of hydrogen-bond donors (Lipinski definition) is 0. The van der Waals surface area contributed by atoms with Gasteiger partial charge in [-0.15, -0.1) is 0 Å². The standard InChI is InChI=1S/C69H45N/c1-5-18-46(19-6-1)54-37-55(47-20-7-2-8-21-47)40-59(39-54)61-43-58(44-62(45-61)60-41-56(48-22-9-3-10-23-48)38-57(42-60)49-24-11-4-12-25-49)52-28-17-29-53(36-52)67-65-34-32-50-26-13-15-30-63(50)68(65)70-69-64-31-16-14-27-51(64)33-35-66(67)69/h1-45H. The van der Waals surface area contributed by atoms with Crippen LogP contribution in [0.25, 0.3) is 132 Å². The van der Waals surface area contributed by atoms with Gasteiger partial charge in [-0.3, -0.25) is 0 Å². The zero-order chi connectivity index (χ0) is 46.4. The van der Waals surface area contributed by atoms with Crippen LogP contribution in [0.5, 0.6) is 0 Å². The Kier molecular flexibility index (Phi) is 10.3. The topological polar surface area (TPSA) is 12.9 Å². The van der Waals surface area contributed by atoms with Crippen LogP contribution in [0.3, 0.4) is 0 Å². The van der Waals surface area contributed by atoms with E-state index in [9.17, 15) is 0 Å². The molecule has 0 atom stereocenters. The van der Waals surface area contributed by atoms with E-state index in [0.29, 0.717) is 0 Å². The molecule has 0 saturated carbocycles. The summed E-state index contributed by atoms with van der Waals surface area (Å²) in [6.07, 6.45) is 0. The van der Waals surface area contributed by atoms with Crippen LogP contribution in [-0.4, -0.2) is 4.98 Å². The molecule has 70 heavy (non-hydrogen) atoms. The summed E-state index contributed by atoms with van der Waals surface area (Å²) in [7, 11) is 0. The summed E-state index contributed by atoms with van der Waals surface area (Å²) in [6, 6.07) is 99.8. The van der Waals surface area contributed by atoms with Gasteiger partial charge in [-0.05, 0) is 155 Å². The van der Waals surface area contributed by atoms with Crippen LogP contribution >= 0.6 is 0 Å². The summed E-state index contributed by atoms with van der Waals surface area (Å²) in [6.45, 7) is 0. The Morgan fingerprint density at radius 3 is 0.814 bits per heavy atom. The van der Waals surface area contributed by atoms with E-state index >= 15 is 0 Å². The van der Waals surface area contributed by atoms with Gasteiger partial charge in [-0.1, -0.05) is 212 Å². The van der Waals surface area contributed by atoms with E-state index in [-0.39, 0.29) is 0 Å². The maximum absolute atomic E-state index is 5.51. The molecule has 0 spiro atoms. The SMILES string of the molecule is c1ccc(-c2cc(-c3ccccc3)cc(-c3cc(-c4cc(-c5ccccc5)cc(-c5ccccc5)c4)cc(-c4cccc(-c5c6ccc7ccccc7c6nc6c5ccc5ccccc56)c4)c3)c2)cc1. The fourth-order valence-corrected chi connectivity index (χ4v) is 10.5. The summed E-state index contributed by atoms with van der Waals surface area (Å²) in [5, 5.41) is 6.97. The Morgan fingerprint density at radius 1 is 0.171 bits per heavy atom. The van der Waals surface area contributed by atoms with Crippen molar-refractivity contribution in [3.63, 3.8) is 0 Å². The predicted octanol–water partition coefficient (Wildman–Crippen LogP) is 19.0. The molecule has 1 heterocycles. The van der Waals surface area contributed by atoms with Crippen LogP contribution in [-0.2, 0) is 0 Å². The molecular formula is C69H45N. The molecule has 0 unspecified atom stereocenters. The number of pyridine rings is 1. The molecule has 13 aromatic rings. The Bertz CT molecular complexity index is 3730. The van der Waals surface area contributed by atoms with Gasteiger partial charge >= 0.3 is 0 Å². The molecule has 0 aliphatic carbocycles. The van der Waals surface area contributed by atoms with Crippen LogP contribution in [0.4, 0.5) is 0 Å². The molecule has 13 rings (SSSR count). The van der Waals surface area contributed by atoms with Crippen molar-refractivity contribution in [3.8, 4) is 89.0 Å². The second kappa shape index (κ2) is 17.5. The third kappa shape index (κ3) is 7.61. The second-order valence-corrected chi connectivity index (χ2v) is 18.3. The summed E-state index contributed by atoms with van der Waals surface area (Å²) >= 11 is 0. The zero-order valence-corrected chi connectivity index (χ0v) is 38.4. The molecule has 326 valence electrons. The van der Waals surface area contributed by atoms with Gasteiger partial charge in [-0.2, -0.15) is 0 Å². The van der Waals surface area contributed by atoms with Crippen molar-refractivity contribution in [3.05, 3.63) is 273 Å². The third-order valence-corrected chi connectivity index (χ3v) is 13.9. The fraction of sp³-hybridized carbons (Fsp3) is 0. The molecule has 1 aromatic heterocycles. The first-order valence-corrected chi connectivity index (χ1v) is 24.1. The lowest BCUT2D eigenvalue weighted by Crippen LogP contribution is -1.93. The lowest BCUT2D eigenvalue weighted by molar-refractivity contribution is 1.52. The molecule has 1 nitrogen and oxygen atoms in total. The monoisotopic (exact) mass is 887 g/mol. The van der Waals surface area contributed by atoms with E-state index in [1.807, 2.05) is 0 Å². The number of rotatable bonds is 8. The highest BCUT2D eigenvalue weighted by Gasteiger charge is 2.18. The first-order valence-electron chi connectivity index (χ1n) is 24.1. The van der Waals surface area contributed by atoms with Crippen LogP contribution in [0, 0.1) is 0 Å². The summed E-state index contributed by atoms with van der Waals surface area (Å²) < 4.78 is 0. The summed E-state index contributed by atoms with van der Waals surface area (Å²) in [5.74, 6) is 0. The maximum atomic E-state index is 5.51. The quantitative estimate of drug-likeness (QED) is 0.109. The average molecular weight is 888 g/mol. The van der Waals surface area contributed by atoms with E-state index < -0.39 is 0 Å². The van der Waals surface area contributed by atoms with E-state index in [0.717, 1.165) is 71.5 Å². The highest BCUT2D eigenvalue weighted by molar-refractivity contribution is 6.21. The molecule has 0 saturated heterocycles. The molecular weight excluding hydrogens is 843 g/mol. The van der Waals surface area contributed by atoms with Crippen LogP contribution in [0.2, 0.25) is 0 Å². The van der Waals surface area contributed by atoms with Gasteiger partial charge in [0.05, 0.1) is 11.0 Å². The Morgan fingerprint density at radius 2 is 0.443 bits per heavy atom. The lowest BCUT2D eigenvalue weighted by atomic mass is 9.87. The van der Waals surface area contributed by atoms with Crippen molar-refractivity contribution in [2.75, 3.05) is 0 Å². The number of hydrogen-bond acceptors (Lipinski definition) is 1. The molecule has 0 aliphatic rings. The Balaban J connectivity index is 1.07. The van der Waals surface area contributed by atoms with Crippen molar-refractivity contribution in [2.45, 2.75) is 0 Å². The van der Waals surface area contributed by atoms with Crippen molar-refractivity contribution >= 4 is 43.4 Å². The molecule has 0 fully saturated rings. The van der Waals surface area contributed by atoms with Crippen molar-refractivity contribution in [1.29, 1.82) is 0 Å². The molecule has 0 bridgehead atoms. The summed E-state index contributed by atoms with van der Waals surface area (Å²) in [5.41, 5.74) is 20.8. The van der Waals surface area contributed by atoms with Crippen molar-refractivity contribution < 1.29 is 0 Å². The molecule has 0 aliphatic heterocycles. The highest BCUT2D eigenvalue weighted by atomic mass is 14.7. The van der Waals surface area contributed by atoms with Crippen molar-refractivity contribution in [1.82, 2.24) is 4.98 Å². The largest absolute Gasteiger partial charge is 0.246 e. The zero-order valence-electron chi connectivity index (χ0n) is 38.4.